The average Bonchev–Trinajstić information content (AvgIpc) is 2.51. The normalized spacial score (nSPS) is 25.9. The summed E-state index contributed by atoms with van der Waals surface area (Å²) in [6.07, 6.45) is 9.07. The lowest BCUT2D eigenvalue weighted by Crippen LogP contribution is -2.64. The van der Waals surface area contributed by atoms with Crippen LogP contribution >= 0.6 is 11.8 Å². The van der Waals surface area contributed by atoms with Gasteiger partial charge in [-0.05, 0) is 38.2 Å². The molecule has 1 spiro atoms. The van der Waals surface area contributed by atoms with E-state index in [1.807, 2.05) is 11.8 Å². The molecule has 1 aliphatic heterocycles. The molecule has 1 unspecified atom stereocenters. The van der Waals surface area contributed by atoms with Gasteiger partial charge in [0, 0.05) is 29.6 Å². The Labute approximate surface area is 127 Å². The quantitative estimate of drug-likeness (QED) is 0.831. The Hall–Kier alpha value is -0.670. The number of anilines is 1. The molecule has 0 radical (unpaired) electrons. The number of benzene rings is 1. The summed E-state index contributed by atoms with van der Waals surface area (Å²) in [5, 5.41) is 3.87. The first kappa shape index (κ1) is 14.3. The van der Waals surface area contributed by atoms with Gasteiger partial charge >= 0.3 is 0 Å². The predicted molar refractivity (Wildman–Crippen MR) is 88.8 cm³/mol. The van der Waals surface area contributed by atoms with Crippen LogP contribution in [0.4, 0.5) is 5.69 Å². The molecule has 1 aromatic rings. The van der Waals surface area contributed by atoms with Crippen molar-refractivity contribution in [2.45, 2.75) is 55.5 Å². The molecule has 3 rings (SSSR count). The number of thioether (sulfide) groups is 1. The Kier molecular flexibility index (Phi) is 4.27. The molecule has 2 aliphatic rings. The van der Waals surface area contributed by atoms with Crippen molar-refractivity contribution < 1.29 is 0 Å². The van der Waals surface area contributed by atoms with Crippen molar-refractivity contribution in [1.29, 1.82) is 0 Å². The molecular weight excluding hydrogens is 264 g/mol. The summed E-state index contributed by atoms with van der Waals surface area (Å²) in [5.41, 5.74) is 1.80. The Bertz CT molecular complexity index is 454. The highest BCUT2D eigenvalue weighted by molar-refractivity contribution is 7.98. The molecule has 1 aromatic carbocycles. The molecule has 110 valence electrons. The number of piperazine rings is 1. The van der Waals surface area contributed by atoms with Crippen LogP contribution in [0, 0.1) is 0 Å². The molecule has 2 fully saturated rings. The molecule has 1 aliphatic carbocycles. The third-order valence-corrected chi connectivity index (χ3v) is 5.77. The standard InChI is InChI=1S/C17H26N2S/c1-14-12-18-17(10-6-3-7-11-17)13-19(14)15-8-4-5-9-16(15)20-2/h4-5,8-9,14,18H,3,6-7,10-13H2,1-2H3. The molecule has 1 N–H and O–H groups in total. The van der Waals surface area contributed by atoms with Crippen molar-refractivity contribution in [2.75, 3.05) is 24.2 Å². The number of rotatable bonds is 2. The van der Waals surface area contributed by atoms with E-state index in [0.29, 0.717) is 11.6 Å². The van der Waals surface area contributed by atoms with Crippen LogP contribution in [0.1, 0.15) is 39.0 Å². The fraction of sp³-hybridized carbons (Fsp3) is 0.647. The molecular formula is C17H26N2S. The van der Waals surface area contributed by atoms with Crippen LogP contribution in [0.2, 0.25) is 0 Å². The van der Waals surface area contributed by atoms with E-state index in [4.69, 9.17) is 0 Å². The lowest BCUT2D eigenvalue weighted by atomic mass is 9.79. The maximum atomic E-state index is 3.87. The van der Waals surface area contributed by atoms with E-state index in [9.17, 15) is 0 Å². The fourth-order valence-corrected chi connectivity index (χ4v) is 4.37. The van der Waals surface area contributed by atoms with Crippen molar-refractivity contribution in [3.05, 3.63) is 24.3 Å². The summed E-state index contributed by atoms with van der Waals surface area (Å²) >= 11 is 1.86. The summed E-state index contributed by atoms with van der Waals surface area (Å²) in [6, 6.07) is 9.46. The molecule has 0 amide bonds. The van der Waals surface area contributed by atoms with Crippen LogP contribution < -0.4 is 10.2 Å². The summed E-state index contributed by atoms with van der Waals surface area (Å²) < 4.78 is 0. The molecule has 1 saturated heterocycles. The highest BCUT2D eigenvalue weighted by Gasteiger charge is 2.39. The van der Waals surface area contributed by atoms with Gasteiger partial charge in [-0.15, -0.1) is 11.8 Å². The average molecular weight is 290 g/mol. The lowest BCUT2D eigenvalue weighted by Gasteiger charge is -2.50. The molecule has 20 heavy (non-hydrogen) atoms. The minimum absolute atomic E-state index is 0.371. The van der Waals surface area contributed by atoms with Crippen molar-refractivity contribution in [2.24, 2.45) is 0 Å². The number of nitrogens with one attached hydrogen (secondary N) is 1. The molecule has 1 atom stereocenters. The van der Waals surface area contributed by atoms with Crippen LogP contribution in [0.25, 0.3) is 0 Å². The van der Waals surface area contributed by atoms with Gasteiger partial charge in [-0.3, -0.25) is 0 Å². The maximum Gasteiger partial charge on any atom is 0.0507 e. The van der Waals surface area contributed by atoms with Crippen LogP contribution in [0.3, 0.4) is 0 Å². The number of hydrogen-bond donors (Lipinski definition) is 1. The van der Waals surface area contributed by atoms with E-state index in [0.717, 1.165) is 6.54 Å². The predicted octanol–water partition coefficient (Wildman–Crippen LogP) is 3.91. The largest absolute Gasteiger partial charge is 0.365 e. The van der Waals surface area contributed by atoms with Crippen LogP contribution in [0.5, 0.6) is 0 Å². The van der Waals surface area contributed by atoms with Crippen LogP contribution in [-0.4, -0.2) is 30.9 Å². The minimum atomic E-state index is 0.371. The van der Waals surface area contributed by atoms with E-state index in [1.54, 1.807) is 0 Å². The smallest absolute Gasteiger partial charge is 0.0507 e. The van der Waals surface area contributed by atoms with E-state index >= 15 is 0 Å². The third-order valence-electron chi connectivity index (χ3n) is 4.98. The molecule has 2 nitrogen and oxygen atoms in total. The fourth-order valence-electron chi connectivity index (χ4n) is 3.77. The van der Waals surface area contributed by atoms with E-state index in [2.05, 4.69) is 47.7 Å². The lowest BCUT2D eigenvalue weighted by molar-refractivity contribution is 0.200. The van der Waals surface area contributed by atoms with Gasteiger partial charge in [0.2, 0.25) is 0 Å². The van der Waals surface area contributed by atoms with E-state index in [1.165, 1.54) is 49.2 Å². The Balaban J connectivity index is 1.86. The number of nitrogens with zero attached hydrogens (tertiary/aromatic N) is 1. The molecule has 3 heteroatoms. The van der Waals surface area contributed by atoms with Gasteiger partial charge in [-0.25, -0.2) is 0 Å². The van der Waals surface area contributed by atoms with Crippen molar-refractivity contribution in [3.63, 3.8) is 0 Å². The van der Waals surface area contributed by atoms with Crippen LogP contribution in [0.15, 0.2) is 29.2 Å². The summed E-state index contributed by atoms with van der Waals surface area (Å²) in [4.78, 5) is 4.06. The summed E-state index contributed by atoms with van der Waals surface area (Å²) in [6.45, 7) is 4.63. The SMILES string of the molecule is CSc1ccccc1N1CC2(CCCCC2)NCC1C. The monoisotopic (exact) mass is 290 g/mol. The highest BCUT2D eigenvalue weighted by atomic mass is 32.2. The van der Waals surface area contributed by atoms with Gasteiger partial charge in [0.1, 0.15) is 0 Å². The zero-order chi connectivity index (χ0) is 14.0. The van der Waals surface area contributed by atoms with Gasteiger partial charge in [-0.2, -0.15) is 0 Å². The van der Waals surface area contributed by atoms with Gasteiger partial charge in [0.15, 0.2) is 0 Å². The Morgan fingerprint density at radius 1 is 1.20 bits per heavy atom. The van der Waals surface area contributed by atoms with Gasteiger partial charge in [-0.1, -0.05) is 31.4 Å². The van der Waals surface area contributed by atoms with Gasteiger partial charge in [0.05, 0.1) is 5.69 Å². The second kappa shape index (κ2) is 5.98. The topological polar surface area (TPSA) is 15.3 Å². The van der Waals surface area contributed by atoms with Gasteiger partial charge in [0.25, 0.3) is 0 Å². The highest BCUT2D eigenvalue weighted by Crippen LogP contribution is 2.36. The van der Waals surface area contributed by atoms with Crippen molar-refractivity contribution >= 4 is 17.4 Å². The van der Waals surface area contributed by atoms with Crippen molar-refractivity contribution in [3.8, 4) is 0 Å². The molecule has 1 saturated carbocycles. The van der Waals surface area contributed by atoms with Crippen LogP contribution in [-0.2, 0) is 0 Å². The first-order valence-corrected chi connectivity index (χ1v) is 9.11. The summed E-state index contributed by atoms with van der Waals surface area (Å²) in [5.74, 6) is 0. The zero-order valence-corrected chi connectivity index (χ0v) is 13.5. The first-order chi connectivity index (χ1) is 9.74. The zero-order valence-electron chi connectivity index (χ0n) is 12.7. The Morgan fingerprint density at radius 2 is 1.95 bits per heavy atom. The minimum Gasteiger partial charge on any atom is -0.365 e. The molecule has 1 heterocycles. The van der Waals surface area contributed by atoms with E-state index < -0.39 is 0 Å². The molecule has 0 aromatic heterocycles. The second-order valence-electron chi connectivity index (χ2n) is 6.37. The summed E-state index contributed by atoms with van der Waals surface area (Å²) in [7, 11) is 0. The third kappa shape index (κ3) is 2.71. The number of hydrogen-bond acceptors (Lipinski definition) is 3. The van der Waals surface area contributed by atoms with Gasteiger partial charge < -0.3 is 10.2 Å². The first-order valence-electron chi connectivity index (χ1n) is 7.89. The number of para-hydroxylation sites is 1. The van der Waals surface area contributed by atoms with Crippen molar-refractivity contribution in [1.82, 2.24) is 5.32 Å². The molecule has 0 bridgehead atoms. The maximum absolute atomic E-state index is 3.87. The second-order valence-corrected chi connectivity index (χ2v) is 7.22. The Morgan fingerprint density at radius 3 is 2.70 bits per heavy atom. The van der Waals surface area contributed by atoms with E-state index in [-0.39, 0.29) is 0 Å².